The number of amides is 1. The minimum absolute atomic E-state index is 0.0656. The van der Waals surface area contributed by atoms with Gasteiger partial charge in [0.15, 0.2) is 5.69 Å². The van der Waals surface area contributed by atoms with Crippen LogP contribution in [0.15, 0.2) is 30.5 Å². The molecule has 1 fully saturated rings. The van der Waals surface area contributed by atoms with Crippen LogP contribution >= 0.6 is 11.7 Å². The molecular formula is C14H16N4O2S. The molecule has 21 heavy (non-hydrogen) atoms. The Labute approximate surface area is 127 Å². The van der Waals surface area contributed by atoms with E-state index in [1.165, 1.54) is 6.20 Å². The topological polar surface area (TPSA) is 67.3 Å². The number of para-hydroxylation sites is 1. The highest BCUT2D eigenvalue weighted by molar-refractivity contribution is 6.99. The standard InChI is InChI=1S/C14H16N4O2S/c1-20-13-5-3-2-4-10(13)12-9-15-6-7-18(12)14(19)11-8-16-21-17-11/h2-5,8,12,15H,6-7,9H2,1H3. The number of carbonyl (C=O) groups is 1. The Balaban J connectivity index is 1.93. The van der Waals surface area contributed by atoms with Gasteiger partial charge in [-0.25, -0.2) is 0 Å². The lowest BCUT2D eigenvalue weighted by Gasteiger charge is -2.36. The Kier molecular flexibility index (Phi) is 4.12. The maximum Gasteiger partial charge on any atom is 0.275 e. The zero-order valence-electron chi connectivity index (χ0n) is 11.7. The molecule has 2 heterocycles. The molecule has 2 aromatic rings. The van der Waals surface area contributed by atoms with Gasteiger partial charge < -0.3 is 15.0 Å². The normalized spacial score (nSPS) is 18.5. The number of benzene rings is 1. The number of methoxy groups -OCH3 is 1. The second-order valence-electron chi connectivity index (χ2n) is 4.75. The molecule has 1 atom stereocenters. The molecule has 0 saturated carbocycles. The van der Waals surface area contributed by atoms with Gasteiger partial charge in [-0.15, -0.1) is 0 Å². The number of ether oxygens (including phenoxy) is 1. The molecule has 7 heteroatoms. The molecular weight excluding hydrogens is 288 g/mol. The average molecular weight is 304 g/mol. The summed E-state index contributed by atoms with van der Waals surface area (Å²) in [6.07, 6.45) is 1.52. The fourth-order valence-electron chi connectivity index (χ4n) is 2.57. The maximum atomic E-state index is 12.6. The quantitative estimate of drug-likeness (QED) is 0.926. The SMILES string of the molecule is COc1ccccc1C1CNCCN1C(=O)c1cnsn1. The van der Waals surface area contributed by atoms with Crippen molar-refractivity contribution in [3.05, 3.63) is 41.7 Å². The maximum absolute atomic E-state index is 12.6. The van der Waals surface area contributed by atoms with Crippen molar-refractivity contribution in [1.82, 2.24) is 19.0 Å². The van der Waals surface area contributed by atoms with Crippen LogP contribution in [-0.4, -0.2) is 46.3 Å². The highest BCUT2D eigenvalue weighted by atomic mass is 32.1. The first-order valence-electron chi connectivity index (χ1n) is 6.73. The number of hydrogen-bond donors (Lipinski definition) is 1. The zero-order chi connectivity index (χ0) is 14.7. The first-order valence-corrected chi connectivity index (χ1v) is 7.46. The number of rotatable bonds is 3. The largest absolute Gasteiger partial charge is 0.496 e. The van der Waals surface area contributed by atoms with Crippen LogP contribution in [0.2, 0.25) is 0 Å². The van der Waals surface area contributed by atoms with Crippen LogP contribution < -0.4 is 10.1 Å². The van der Waals surface area contributed by atoms with E-state index in [0.717, 1.165) is 29.6 Å². The monoisotopic (exact) mass is 304 g/mol. The van der Waals surface area contributed by atoms with E-state index in [1.807, 2.05) is 29.2 Å². The fourth-order valence-corrected chi connectivity index (χ4v) is 2.98. The van der Waals surface area contributed by atoms with Crippen molar-refractivity contribution in [1.29, 1.82) is 0 Å². The van der Waals surface area contributed by atoms with Gasteiger partial charge in [0.1, 0.15) is 5.75 Å². The molecule has 1 aliphatic heterocycles. The van der Waals surface area contributed by atoms with Crippen molar-refractivity contribution in [2.24, 2.45) is 0 Å². The summed E-state index contributed by atoms with van der Waals surface area (Å²) in [7, 11) is 1.64. The minimum atomic E-state index is -0.0823. The number of nitrogens with zero attached hydrogens (tertiary/aromatic N) is 3. The highest BCUT2D eigenvalue weighted by Gasteiger charge is 2.31. The third-order valence-electron chi connectivity index (χ3n) is 3.58. The van der Waals surface area contributed by atoms with E-state index in [4.69, 9.17) is 4.74 Å². The van der Waals surface area contributed by atoms with Crippen molar-refractivity contribution >= 4 is 17.6 Å². The lowest BCUT2D eigenvalue weighted by atomic mass is 10.0. The van der Waals surface area contributed by atoms with E-state index in [0.29, 0.717) is 18.8 Å². The van der Waals surface area contributed by atoms with Crippen LogP contribution in [0.5, 0.6) is 5.75 Å². The van der Waals surface area contributed by atoms with Gasteiger partial charge in [0, 0.05) is 25.2 Å². The summed E-state index contributed by atoms with van der Waals surface area (Å²) in [5.74, 6) is 0.710. The van der Waals surface area contributed by atoms with E-state index in [9.17, 15) is 4.79 Å². The molecule has 0 bridgehead atoms. The van der Waals surface area contributed by atoms with E-state index in [1.54, 1.807) is 7.11 Å². The van der Waals surface area contributed by atoms with Crippen LogP contribution in [-0.2, 0) is 0 Å². The predicted octanol–water partition coefficient (Wildman–Crippen LogP) is 1.33. The van der Waals surface area contributed by atoms with Crippen LogP contribution in [0.3, 0.4) is 0 Å². The van der Waals surface area contributed by atoms with Gasteiger partial charge in [0.2, 0.25) is 0 Å². The molecule has 1 saturated heterocycles. The molecule has 0 aliphatic carbocycles. The fraction of sp³-hybridized carbons (Fsp3) is 0.357. The summed E-state index contributed by atoms with van der Waals surface area (Å²) >= 11 is 1.05. The van der Waals surface area contributed by atoms with Gasteiger partial charge in [0.25, 0.3) is 5.91 Å². The number of hydrogen-bond acceptors (Lipinski definition) is 6. The minimum Gasteiger partial charge on any atom is -0.496 e. The second-order valence-corrected chi connectivity index (χ2v) is 5.31. The van der Waals surface area contributed by atoms with Gasteiger partial charge in [-0.2, -0.15) is 8.75 Å². The Hall–Kier alpha value is -1.99. The van der Waals surface area contributed by atoms with Gasteiger partial charge in [0.05, 0.1) is 31.1 Å². The van der Waals surface area contributed by atoms with E-state index < -0.39 is 0 Å². The Morgan fingerprint density at radius 1 is 1.48 bits per heavy atom. The molecule has 1 unspecified atom stereocenters. The molecule has 1 amide bonds. The second kappa shape index (κ2) is 6.19. The van der Waals surface area contributed by atoms with Gasteiger partial charge in [-0.3, -0.25) is 4.79 Å². The predicted molar refractivity (Wildman–Crippen MR) is 79.6 cm³/mol. The molecule has 1 aromatic carbocycles. The van der Waals surface area contributed by atoms with E-state index >= 15 is 0 Å². The third kappa shape index (κ3) is 2.74. The molecule has 1 aromatic heterocycles. The van der Waals surface area contributed by atoms with Gasteiger partial charge >= 0.3 is 0 Å². The highest BCUT2D eigenvalue weighted by Crippen LogP contribution is 2.30. The van der Waals surface area contributed by atoms with Gasteiger partial charge in [-0.05, 0) is 6.07 Å². The van der Waals surface area contributed by atoms with Crippen molar-refractivity contribution in [2.75, 3.05) is 26.7 Å². The van der Waals surface area contributed by atoms with E-state index in [-0.39, 0.29) is 11.9 Å². The Morgan fingerprint density at radius 2 is 2.33 bits per heavy atom. The van der Waals surface area contributed by atoms with Gasteiger partial charge in [-0.1, -0.05) is 18.2 Å². The molecule has 110 valence electrons. The molecule has 0 spiro atoms. The summed E-state index contributed by atoms with van der Waals surface area (Å²) < 4.78 is 13.4. The van der Waals surface area contributed by atoms with Crippen LogP contribution in [0, 0.1) is 0 Å². The third-order valence-corrected chi connectivity index (χ3v) is 4.06. The van der Waals surface area contributed by atoms with Crippen molar-refractivity contribution < 1.29 is 9.53 Å². The molecule has 1 aliphatic rings. The lowest BCUT2D eigenvalue weighted by molar-refractivity contribution is 0.0626. The lowest BCUT2D eigenvalue weighted by Crippen LogP contribution is -2.48. The summed E-state index contributed by atoms with van der Waals surface area (Å²) in [4.78, 5) is 14.4. The summed E-state index contributed by atoms with van der Waals surface area (Å²) in [6.45, 7) is 2.11. The van der Waals surface area contributed by atoms with Crippen LogP contribution in [0.4, 0.5) is 0 Å². The molecule has 3 rings (SSSR count). The number of aromatic nitrogens is 2. The Bertz CT molecular complexity index is 617. The van der Waals surface area contributed by atoms with E-state index in [2.05, 4.69) is 14.1 Å². The van der Waals surface area contributed by atoms with Crippen molar-refractivity contribution in [3.63, 3.8) is 0 Å². The van der Waals surface area contributed by atoms with Crippen molar-refractivity contribution in [2.45, 2.75) is 6.04 Å². The smallest absolute Gasteiger partial charge is 0.275 e. The molecule has 6 nitrogen and oxygen atoms in total. The van der Waals surface area contributed by atoms with Crippen LogP contribution in [0.1, 0.15) is 22.1 Å². The molecule has 0 radical (unpaired) electrons. The number of piperazine rings is 1. The molecule has 1 N–H and O–H groups in total. The summed E-state index contributed by atoms with van der Waals surface area (Å²) in [6, 6.07) is 7.73. The summed E-state index contributed by atoms with van der Waals surface area (Å²) in [5, 5.41) is 3.33. The first-order chi connectivity index (χ1) is 10.3. The van der Waals surface area contributed by atoms with Crippen LogP contribution in [0.25, 0.3) is 0 Å². The van der Waals surface area contributed by atoms with Crippen molar-refractivity contribution in [3.8, 4) is 5.75 Å². The summed E-state index contributed by atoms with van der Waals surface area (Å²) in [5.41, 5.74) is 1.41. The number of carbonyl (C=O) groups excluding carboxylic acids is 1. The number of nitrogens with one attached hydrogen (secondary N) is 1. The average Bonchev–Trinajstić information content (AvgIpc) is 3.08. The Morgan fingerprint density at radius 3 is 3.10 bits per heavy atom. The zero-order valence-corrected chi connectivity index (χ0v) is 12.5. The first kappa shape index (κ1) is 14.0.